The molecule has 0 amide bonds. The van der Waals surface area contributed by atoms with E-state index in [0.717, 1.165) is 28.8 Å². The lowest BCUT2D eigenvalue weighted by molar-refractivity contribution is 0.392. The number of nitrogens with zero attached hydrogens (tertiary/aromatic N) is 3. The number of thioether (sulfide) groups is 1. The van der Waals surface area contributed by atoms with Crippen molar-refractivity contribution < 1.29 is 8.81 Å². The number of aliphatic imine (C=N–C) groups is 1. The quantitative estimate of drug-likeness (QED) is 0.815. The van der Waals surface area contributed by atoms with E-state index in [2.05, 4.69) is 4.99 Å². The van der Waals surface area contributed by atoms with Gasteiger partial charge in [-0.15, -0.1) is 4.99 Å². The lowest BCUT2D eigenvalue weighted by Gasteiger charge is -2.14. The number of hydrogen-bond donors (Lipinski definition) is 0. The molecule has 1 aromatic heterocycles. The van der Waals surface area contributed by atoms with Crippen molar-refractivity contribution in [1.82, 2.24) is 4.90 Å². The number of hydrogen-bond acceptors (Lipinski definition) is 4. The Morgan fingerprint density at radius 3 is 2.86 bits per heavy atom. The third-order valence-corrected chi connectivity index (χ3v) is 4.14. The van der Waals surface area contributed by atoms with Crippen LogP contribution in [-0.4, -0.2) is 22.4 Å². The standard InChI is InChI=1S/C15H12FN3OS/c16-12-3-1-11(2-4-12)14-6-5-13(20-14)9-19-7-8-21-15(19)18-10-17/h1-6H,7-9H2. The Morgan fingerprint density at radius 1 is 1.29 bits per heavy atom. The Bertz CT molecular complexity index is 702. The summed E-state index contributed by atoms with van der Waals surface area (Å²) in [5.74, 6) is 2.15. The highest BCUT2D eigenvalue weighted by atomic mass is 32.2. The third kappa shape index (κ3) is 3.09. The van der Waals surface area contributed by atoms with E-state index in [9.17, 15) is 4.39 Å². The van der Waals surface area contributed by atoms with Crippen LogP contribution in [0.1, 0.15) is 5.76 Å². The summed E-state index contributed by atoms with van der Waals surface area (Å²) in [5.41, 5.74) is 0.837. The van der Waals surface area contributed by atoms with E-state index in [1.54, 1.807) is 23.9 Å². The van der Waals surface area contributed by atoms with Gasteiger partial charge in [0.15, 0.2) is 5.17 Å². The molecule has 1 aromatic carbocycles. The molecule has 21 heavy (non-hydrogen) atoms. The highest BCUT2D eigenvalue weighted by Gasteiger charge is 2.21. The van der Waals surface area contributed by atoms with E-state index in [-0.39, 0.29) is 5.82 Å². The number of furan rings is 1. The van der Waals surface area contributed by atoms with Crippen LogP contribution in [0.5, 0.6) is 0 Å². The lowest BCUT2D eigenvalue weighted by atomic mass is 10.2. The molecule has 4 nitrogen and oxygen atoms in total. The van der Waals surface area contributed by atoms with Gasteiger partial charge in [0.1, 0.15) is 17.3 Å². The van der Waals surface area contributed by atoms with E-state index in [1.165, 1.54) is 12.1 Å². The summed E-state index contributed by atoms with van der Waals surface area (Å²) in [5, 5.41) is 9.39. The van der Waals surface area contributed by atoms with Crippen LogP contribution in [0, 0.1) is 17.3 Å². The smallest absolute Gasteiger partial charge is 0.208 e. The van der Waals surface area contributed by atoms with E-state index in [0.29, 0.717) is 12.3 Å². The van der Waals surface area contributed by atoms with E-state index in [1.807, 2.05) is 23.2 Å². The van der Waals surface area contributed by atoms with Gasteiger partial charge in [-0.3, -0.25) is 0 Å². The first-order chi connectivity index (χ1) is 10.3. The predicted molar refractivity (Wildman–Crippen MR) is 80.0 cm³/mol. The summed E-state index contributed by atoms with van der Waals surface area (Å²) in [6.45, 7) is 1.42. The van der Waals surface area contributed by atoms with E-state index < -0.39 is 0 Å². The van der Waals surface area contributed by atoms with Crippen molar-refractivity contribution in [2.45, 2.75) is 6.54 Å². The molecule has 0 saturated carbocycles. The van der Waals surface area contributed by atoms with Gasteiger partial charge in [0.05, 0.1) is 6.54 Å². The number of nitriles is 1. The third-order valence-electron chi connectivity index (χ3n) is 3.15. The summed E-state index contributed by atoms with van der Waals surface area (Å²) >= 11 is 1.57. The monoisotopic (exact) mass is 301 g/mol. The first kappa shape index (κ1) is 13.7. The number of amidine groups is 1. The molecule has 1 aliphatic heterocycles. The first-order valence-electron chi connectivity index (χ1n) is 6.45. The Hall–Kier alpha value is -2.26. The SMILES string of the molecule is N#CN=C1SCCN1Cc1ccc(-c2ccc(F)cc2)o1. The molecule has 1 fully saturated rings. The van der Waals surface area contributed by atoms with Gasteiger partial charge in [0, 0.05) is 17.9 Å². The van der Waals surface area contributed by atoms with Gasteiger partial charge in [0.2, 0.25) is 6.19 Å². The maximum Gasteiger partial charge on any atom is 0.208 e. The molecule has 0 aliphatic carbocycles. The maximum atomic E-state index is 12.9. The highest BCUT2D eigenvalue weighted by Crippen LogP contribution is 2.25. The Kier molecular flexibility index (Phi) is 3.93. The Balaban J connectivity index is 1.75. The molecule has 1 aliphatic rings. The van der Waals surface area contributed by atoms with Crippen LogP contribution < -0.4 is 0 Å². The minimum Gasteiger partial charge on any atom is -0.459 e. The number of halogens is 1. The molecule has 0 unspecified atom stereocenters. The minimum atomic E-state index is -0.267. The summed E-state index contributed by atoms with van der Waals surface area (Å²) in [6, 6.07) is 9.95. The van der Waals surface area contributed by atoms with Gasteiger partial charge >= 0.3 is 0 Å². The second-order valence-electron chi connectivity index (χ2n) is 4.54. The van der Waals surface area contributed by atoms with Crippen molar-refractivity contribution in [3.05, 3.63) is 48.0 Å². The van der Waals surface area contributed by atoms with Crippen LogP contribution in [0.2, 0.25) is 0 Å². The average molecular weight is 301 g/mol. The summed E-state index contributed by atoms with van der Waals surface area (Å²) < 4.78 is 18.7. The van der Waals surface area contributed by atoms with Crippen molar-refractivity contribution in [1.29, 1.82) is 5.26 Å². The Morgan fingerprint density at radius 2 is 2.10 bits per heavy atom. The number of rotatable bonds is 3. The van der Waals surface area contributed by atoms with Crippen LogP contribution in [0.15, 0.2) is 45.8 Å². The van der Waals surface area contributed by atoms with E-state index in [4.69, 9.17) is 9.68 Å². The van der Waals surface area contributed by atoms with Crippen molar-refractivity contribution in [2.75, 3.05) is 12.3 Å². The molecule has 6 heteroatoms. The fourth-order valence-corrected chi connectivity index (χ4v) is 3.08. The molecule has 106 valence electrons. The summed E-state index contributed by atoms with van der Waals surface area (Å²) in [6.07, 6.45) is 1.82. The molecule has 2 heterocycles. The van der Waals surface area contributed by atoms with E-state index >= 15 is 0 Å². The molecule has 0 spiro atoms. The minimum absolute atomic E-state index is 0.267. The van der Waals surface area contributed by atoms with Gasteiger partial charge < -0.3 is 9.32 Å². The molecular weight excluding hydrogens is 289 g/mol. The molecule has 3 rings (SSSR count). The van der Waals surface area contributed by atoms with Crippen molar-refractivity contribution in [3.63, 3.8) is 0 Å². The zero-order chi connectivity index (χ0) is 14.7. The molecule has 1 saturated heterocycles. The topological polar surface area (TPSA) is 52.5 Å². The molecule has 0 bridgehead atoms. The van der Waals surface area contributed by atoms with Gasteiger partial charge in [-0.25, -0.2) is 4.39 Å². The fraction of sp³-hybridized carbons (Fsp3) is 0.200. The second-order valence-corrected chi connectivity index (χ2v) is 5.60. The van der Waals surface area contributed by atoms with Crippen molar-refractivity contribution >= 4 is 16.9 Å². The van der Waals surface area contributed by atoms with Gasteiger partial charge in [-0.1, -0.05) is 11.8 Å². The first-order valence-corrected chi connectivity index (χ1v) is 7.44. The normalized spacial score (nSPS) is 16.4. The van der Waals surface area contributed by atoms with Crippen LogP contribution >= 0.6 is 11.8 Å². The maximum absolute atomic E-state index is 12.9. The molecular formula is C15H12FN3OS. The molecule has 0 N–H and O–H groups in total. The second kappa shape index (κ2) is 6.02. The zero-order valence-corrected chi connectivity index (χ0v) is 11.9. The highest BCUT2D eigenvalue weighted by molar-refractivity contribution is 8.14. The summed E-state index contributed by atoms with van der Waals surface area (Å²) in [4.78, 5) is 5.82. The molecule has 0 radical (unpaired) electrons. The largest absolute Gasteiger partial charge is 0.459 e. The van der Waals surface area contributed by atoms with Gasteiger partial charge in [0.25, 0.3) is 0 Å². The van der Waals surface area contributed by atoms with Gasteiger partial charge in [-0.05, 0) is 36.4 Å². The molecule has 0 atom stereocenters. The number of benzene rings is 1. The van der Waals surface area contributed by atoms with Crippen LogP contribution in [0.4, 0.5) is 4.39 Å². The predicted octanol–water partition coefficient (Wildman–Crippen LogP) is 3.47. The lowest BCUT2D eigenvalue weighted by Crippen LogP contribution is -2.23. The van der Waals surface area contributed by atoms with Crippen LogP contribution in [0.3, 0.4) is 0 Å². The summed E-state index contributed by atoms with van der Waals surface area (Å²) in [7, 11) is 0. The fourth-order valence-electron chi connectivity index (χ4n) is 2.15. The van der Waals surface area contributed by atoms with Crippen molar-refractivity contribution in [3.8, 4) is 17.5 Å². The van der Waals surface area contributed by atoms with Gasteiger partial charge in [-0.2, -0.15) is 5.26 Å². The zero-order valence-electron chi connectivity index (χ0n) is 11.1. The average Bonchev–Trinajstić information content (AvgIpc) is 3.11. The Labute approximate surface area is 125 Å². The van der Waals surface area contributed by atoms with Crippen molar-refractivity contribution in [2.24, 2.45) is 4.99 Å². The van der Waals surface area contributed by atoms with Crippen LogP contribution in [0.25, 0.3) is 11.3 Å². The molecule has 2 aromatic rings. The van der Waals surface area contributed by atoms with Crippen LogP contribution in [-0.2, 0) is 6.54 Å².